The Labute approximate surface area is 173 Å². The molecule has 1 aliphatic heterocycles. The van der Waals surface area contributed by atoms with E-state index in [1.165, 1.54) is 6.07 Å². The number of hydrogen-bond acceptors (Lipinski definition) is 4. The highest BCUT2D eigenvalue weighted by molar-refractivity contribution is 7.89. The van der Waals surface area contributed by atoms with Crippen molar-refractivity contribution >= 4 is 21.6 Å². The van der Waals surface area contributed by atoms with Crippen molar-refractivity contribution in [2.45, 2.75) is 45.9 Å². The van der Waals surface area contributed by atoms with Crippen molar-refractivity contribution in [3.63, 3.8) is 0 Å². The molecule has 0 saturated carbocycles. The number of benzene rings is 1. The number of sulfonamides is 1. The number of aryl methyl sites for hydroxylation is 3. The first kappa shape index (κ1) is 21.5. The predicted octanol–water partition coefficient (Wildman–Crippen LogP) is 3.93. The molecule has 2 atom stereocenters. The Kier molecular flexibility index (Phi) is 6.10. The number of aromatic nitrogens is 1. The van der Waals surface area contributed by atoms with Gasteiger partial charge in [-0.3, -0.25) is 9.78 Å². The summed E-state index contributed by atoms with van der Waals surface area (Å²) in [6.45, 7) is 10.8. The molecular formula is C22H29N3O3S. The number of carbonyl (C=O) groups is 1. The zero-order chi connectivity index (χ0) is 21.3. The summed E-state index contributed by atoms with van der Waals surface area (Å²) in [5.74, 6) is 0.291. The summed E-state index contributed by atoms with van der Waals surface area (Å²) in [5, 5.41) is 2.88. The summed E-state index contributed by atoms with van der Waals surface area (Å²) in [6, 6.07) is 8.16. The lowest BCUT2D eigenvalue weighted by Crippen LogP contribution is -2.42. The van der Waals surface area contributed by atoms with Crippen LogP contribution in [0.4, 0.5) is 5.69 Å². The molecule has 2 heterocycles. The van der Waals surface area contributed by atoms with Crippen molar-refractivity contribution in [3.05, 3.63) is 52.8 Å². The van der Waals surface area contributed by atoms with Gasteiger partial charge in [0.25, 0.3) is 5.91 Å². The van der Waals surface area contributed by atoms with Crippen LogP contribution in [0.15, 0.2) is 35.2 Å². The summed E-state index contributed by atoms with van der Waals surface area (Å²) in [7, 11) is -3.64. The maximum atomic E-state index is 13.1. The third-order valence-electron chi connectivity index (χ3n) is 5.33. The summed E-state index contributed by atoms with van der Waals surface area (Å²) in [5.41, 5.74) is 3.51. The Morgan fingerprint density at radius 3 is 2.38 bits per heavy atom. The van der Waals surface area contributed by atoms with Gasteiger partial charge in [-0.2, -0.15) is 4.31 Å². The summed E-state index contributed by atoms with van der Waals surface area (Å²) in [6.07, 6.45) is 1.03. The topological polar surface area (TPSA) is 79.4 Å². The van der Waals surface area contributed by atoms with Gasteiger partial charge in [0, 0.05) is 24.3 Å². The molecule has 0 bridgehead atoms. The van der Waals surface area contributed by atoms with E-state index >= 15 is 0 Å². The second-order valence-electron chi connectivity index (χ2n) is 8.29. The van der Waals surface area contributed by atoms with E-state index in [4.69, 9.17) is 0 Å². The molecule has 0 aliphatic carbocycles. The lowest BCUT2D eigenvalue weighted by molar-refractivity contribution is 0.102. The van der Waals surface area contributed by atoms with Crippen molar-refractivity contribution < 1.29 is 13.2 Å². The lowest BCUT2D eigenvalue weighted by Gasteiger charge is -2.34. The van der Waals surface area contributed by atoms with E-state index in [0.29, 0.717) is 36.2 Å². The van der Waals surface area contributed by atoms with Crippen LogP contribution in [0.25, 0.3) is 0 Å². The largest absolute Gasteiger partial charge is 0.320 e. The average Bonchev–Trinajstić information content (AvgIpc) is 2.63. The number of piperidine rings is 1. The van der Waals surface area contributed by atoms with Crippen LogP contribution in [-0.4, -0.2) is 36.7 Å². The summed E-state index contributed by atoms with van der Waals surface area (Å²) < 4.78 is 27.8. The molecule has 1 aromatic carbocycles. The van der Waals surface area contributed by atoms with Crippen LogP contribution < -0.4 is 5.32 Å². The number of carbonyl (C=O) groups excluding carboxylic acids is 1. The predicted molar refractivity (Wildman–Crippen MR) is 115 cm³/mol. The fraction of sp³-hybridized carbons (Fsp3) is 0.455. The quantitative estimate of drug-likeness (QED) is 0.821. The zero-order valence-corrected chi connectivity index (χ0v) is 18.5. The lowest BCUT2D eigenvalue weighted by atomic mass is 9.94. The van der Waals surface area contributed by atoms with Gasteiger partial charge in [0.1, 0.15) is 0 Å². The van der Waals surface area contributed by atoms with E-state index < -0.39 is 10.0 Å². The molecule has 1 fully saturated rings. The molecule has 3 rings (SSSR count). The molecule has 2 aromatic rings. The first-order valence-electron chi connectivity index (χ1n) is 9.94. The number of amides is 1. The van der Waals surface area contributed by atoms with Crippen LogP contribution in [0.3, 0.4) is 0 Å². The van der Waals surface area contributed by atoms with Gasteiger partial charge in [-0.15, -0.1) is 0 Å². The van der Waals surface area contributed by atoms with Gasteiger partial charge in [-0.1, -0.05) is 19.9 Å². The molecule has 7 heteroatoms. The van der Waals surface area contributed by atoms with Crippen LogP contribution in [0, 0.1) is 32.6 Å². The number of pyridine rings is 1. The Bertz CT molecular complexity index is 1000. The van der Waals surface area contributed by atoms with Gasteiger partial charge in [0.2, 0.25) is 10.0 Å². The maximum Gasteiger partial charge on any atom is 0.255 e. The molecule has 6 nitrogen and oxygen atoms in total. The highest BCUT2D eigenvalue weighted by Crippen LogP contribution is 2.27. The summed E-state index contributed by atoms with van der Waals surface area (Å²) >= 11 is 0. The number of nitrogens with zero attached hydrogens (tertiary/aromatic N) is 2. The zero-order valence-electron chi connectivity index (χ0n) is 17.7. The molecule has 29 heavy (non-hydrogen) atoms. The molecule has 0 spiro atoms. The Morgan fingerprint density at radius 2 is 1.76 bits per heavy atom. The van der Waals surface area contributed by atoms with Crippen molar-refractivity contribution in [1.82, 2.24) is 9.29 Å². The van der Waals surface area contributed by atoms with Gasteiger partial charge in [-0.05, 0) is 68.9 Å². The molecule has 156 valence electrons. The van der Waals surface area contributed by atoms with E-state index in [-0.39, 0.29) is 10.8 Å². The molecule has 2 unspecified atom stereocenters. The van der Waals surface area contributed by atoms with Crippen LogP contribution in [-0.2, 0) is 10.0 Å². The van der Waals surface area contributed by atoms with Gasteiger partial charge in [0.15, 0.2) is 0 Å². The normalized spacial score (nSPS) is 20.4. The third-order valence-corrected chi connectivity index (χ3v) is 7.16. The van der Waals surface area contributed by atoms with Gasteiger partial charge >= 0.3 is 0 Å². The van der Waals surface area contributed by atoms with E-state index in [2.05, 4.69) is 24.1 Å². The molecule has 1 aromatic heterocycles. The van der Waals surface area contributed by atoms with E-state index in [9.17, 15) is 13.2 Å². The molecule has 1 N–H and O–H groups in total. The molecule has 1 amide bonds. The fourth-order valence-electron chi connectivity index (χ4n) is 4.15. The first-order valence-corrected chi connectivity index (χ1v) is 11.4. The van der Waals surface area contributed by atoms with E-state index in [0.717, 1.165) is 23.4 Å². The molecule has 0 radical (unpaired) electrons. The second kappa shape index (κ2) is 8.24. The third kappa shape index (κ3) is 4.67. The van der Waals surface area contributed by atoms with E-state index in [1.54, 1.807) is 22.5 Å². The number of nitrogens with one attached hydrogen (secondary N) is 1. The number of anilines is 1. The minimum Gasteiger partial charge on any atom is -0.320 e. The molecule has 1 aliphatic rings. The standard InChI is InChI=1S/C22H29N3O3S/c1-14-9-15(2)13-25(12-14)29(27,28)20-8-6-7-19(11-20)22(26)24-21-16(3)10-17(4)23-18(21)5/h6-8,10-11,14-15H,9,12-13H2,1-5H3,(H,24,26). The number of rotatable bonds is 4. The van der Waals surface area contributed by atoms with Crippen LogP contribution >= 0.6 is 0 Å². The van der Waals surface area contributed by atoms with Gasteiger partial charge in [-0.25, -0.2) is 8.42 Å². The average molecular weight is 416 g/mol. The van der Waals surface area contributed by atoms with Crippen molar-refractivity contribution in [3.8, 4) is 0 Å². The van der Waals surface area contributed by atoms with Crippen molar-refractivity contribution in [1.29, 1.82) is 0 Å². The highest BCUT2D eigenvalue weighted by Gasteiger charge is 2.32. The molecule has 1 saturated heterocycles. The first-order chi connectivity index (χ1) is 13.6. The number of hydrogen-bond donors (Lipinski definition) is 1. The minimum absolute atomic E-state index is 0.155. The van der Waals surface area contributed by atoms with Crippen molar-refractivity contribution in [2.75, 3.05) is 18.4 Å². The fourth-order valence-corrected chi connectivity index (χ4v) is 5.87. The Morgan fingerprint density at radius 1 is 1.10 bits per heavy atom. The van der Waals surface area contributed by atoms with Crippen LogP contribution in [0.5, 0.6) is 0 Å². The van der Waals surface area contributed by atoms with Crippen LogP contribution in [0.1, 0.15) is 47.6 Å². The smallest absolute Gasteiger partial charge is 0.255 e. The molecular weight excluding hydrogens is 386 g/mol. The second-order valence-corrected chi connectivity index (χ2v) is 10.2. The van der Waals surface area contributed by atoms with E-state index in [1.807, 2.05) is 26.8 Å². The Hall–Kier alpha value is -2.25. The van der Waals surface area contributed by atoms with Gasteiger partial charge in [0.05, 0.1) is 16.3 Å². The van der Waals surface area contributed by atoms with Crippen LogP contribution in [0.2, 0.25) is 0 Å². The minimum atomic E-state index is -3.64. The maximum absolute atomic E-state index is 13.1. The highest BCUT2D eigenvalue weighted by atomic mass is 32.2. The monoisotopic (exact) mass is 415 g/mol. The SMILES string of the molecule is Cc1cc(C)c(NC(=O)c2cccc(S(=O)(=O)N3CC(C)CC(C)C3)c2)c(C)n1. The Balaban J connectivity index is 1.87. The van der Waals surface area contributed by atoms with Crippen molar-refractivity contribution in [2.24, 2.45) is 11.8 Å². The summed E-state index contributed by atoms with van der Waals surface area (Å²) in [4.78, 5) is 17.4. The van der Waals surface area contributed by atoms with Gasteiger partial charge < -0.3 is 5.32 Å².